The summed E-state index contributed by atoms with van der Waals surface area (Å²) >= 11 is 1.87. The van der Waals surface area contributed by atoms with E-state index in [-0.39, 0.29) is 18.2 Å². The smallest absolute Gasteiger partial charge is 0.227 e. The summed E-state index contributed by atoms with van der Waals surface area (Å²) in [4.78, 5) is 36.9. The molecule has 0 aliphatic carbocycles. The molecular formula is C17H23N3O3S. The van der Waals surface area contributed by atoms with E-state index in [2.05, 4.69) is 5.32 Å². The number of nitrogens with zero attached hydrogens (tertiary/aromatic N) is 1. The molecule has 1 aromatic rings. The summed E-state index contributed by atoms with van der Waals surface area (Å²) in [5.74, 6) is 0.925. The molecule has 1 fully saturated rings. The Labute approximate surface area is 146 Å². The highest BCUT2D eigenvalue weighted by atomic mass is 32.2. The van der Waals surface area contributed by atoms with Crippen molar-refractivity contribution in [2.24, 2.45) is 11.7 Å². The Bertz CT molecular complexity index is 598. The van der Waals surface area contributed by atoms with Crippen molar-refractivity contribution in [1.29, 1.82) is 0 Å². The summed E-state index contributed by atoms with van der Waals surface area (Å²) < 4.78 is 0. The van der Waals surface area contributed by atoms with Crippen LogP contribution in [0, 0.1) is 5.92 Å². The van der Waals surface area contributed by atoms with Gasteiger partial charge < -0.3 is 16.0 Å². The molecule has 130 valence electrons. The Morgan fingerprint density at radius 3 is 2.42 bits per heavy atom. The van der Waals surface area contributed by atoms with E-state index in [4.69, 9.17) is 5.73 Å². The average Bonchev–Trinajstić information content (AvgIpc) is 2.56. The molecule has 24 heavy (non-hydrogen) atoms. The first kappa shape index (κ1) is 18.3. The van der Waals surface area contributed by atoms with E-state index in [1.807, 2.05) is 28.8 Å². The second kappa shape index (κ2) is 8.73. The highest BCUT2D eigenvalue weighted by Gasteiger charge is 2.17. The van der Waals surface area contributed by atoms with Gasteiger partial charge in [-0.2, -0.15) is 11.8 Å². The van der Waals surface area contributed by atoms with Crippen molar-refractivity contribution in [3.05, 3.63) is 29.8 Å². The molecule has 0 spiro atoms. The molecule has 2 rings (SSSR count). The molecule has 1 heterocycles. The zero-order chi connectivity index (χ0) is 17.5. The van der Waals surface area contributed by atoms with Crippen molar-refractivity contribution in [3.8, 4) is 0 Å². The van der Waals surface area contributed by atoms with Crippen molar-refractivity contribution in [2.75, 3.05) is 29.9 Å². The monoisotopic (exact) mass is 349 g/mol. The number of amides is 3. The van der Waals surface area contributed by atoms with Gasteiger partial charge in [-0.15, -0.1) is 0 Å². The van der Waals surface area contributed by atoms with Crippen LogP contribution in [0.4, 0.5) is 5.69 Å². The number of rotatable bonds is 6. The molecule has 0 unspecified atom stereocenters. The van der Waals surface area contributed by atoms with Crippen molar-refractivity contribution in [2.45, 2.75) is 19.8 Å². The highest BCUT2D eigenvalue weighted by Crippen LogP contribution is 2.15. The molecule has 1 aliphatic rings. The number of anilines is 1. The largest absolute Gasteiger partial charge is 0.370 e. The minimum Gasteiger partial charge on any atom is -0.370 e. The zero-order valence-electron chi connectivity index (χ0n) is 13.8. The van der Waals surface area contributed by atoms with Crippen LogP contribution in [0.2, 0.25) is 0 Å². The molecular weight excluding hydrogens is 326 g/mol. The molecule has 3 amide bonds. The maximum Gasteiger partial charge on any atom is 0.227 e. The number of primary amides is 1. The van der Waals surface area contributed by atoms with E-state index in [0.717, 1.165) is 30.2 Å². The maximum absolute atomic E-state index is 12.2. The van der Waals surface area contributed by atoms with Gasteiger partial charge in [-0.1, -0.05) is 19.1 Å². The van der Waals surface area contributed by atoms with E-state index in [0.29, 0.717) is 12.1 Å². The van der Waals surface area contributed by atoms with Crippen molar-refractivity contribution >= 4 is 35.2 Å². The number of hydrogen-bond donors (Lipinski definition) is 2. The van der Waals surface area contributed by atoms with Crippen molar-refractivity contribution < 1.29 is 14.4 Å². The number of carbonyl (C=O) groups excluding carboxylic acids is 3. The van der Waals surface area contributed by atoms with Crippen LogP contribution in [0.3, 0.4) is 0 Å². The first-order valence-corrected chi connectivity index (χ1v) is 9.15. The van der Waals surface area contributed by atoms with Gasteiger partial charge in [-0.05, 0) is 17.7 Å². The topological polar surface area (TPSA) is 92.5 Å². The molecule has 1 aliphatic heterocycles. The SMILES string of the molecule is C[C@H](CC(N)=O)C(=O)Nc1ccc(CC(=O)N2CCSCC2)cc1. The molecule has 0 aromatic heterocycles. The van der Waals surface area contributed by atoms with Crippen LogP contribution >= 0.6 is 11.8 Å². The van der Waals surface area contributed by atoms with Gasteiger partial charge in [0.1, 0.15) is 0 Å². The van der Waals surface area contributed by atoms with Crippen LogP contribution in [0.1, 0.15) is 18.9 Å². The van der Waals surface area contributed by atoms with Crippen molar-refractivity contribution in [1.82, 2.24) is 4.90 Å². The van der Waals surface area contributed by atoms with Gasteiger partial charge in [-0.3, -0.25) is 14.4 Å². The van der Waals surface area contributed by atoms with Crippen LogP contribution in [0.15, 0.2) is 24.3 Å². The number of nitrogens with one attached hydrogen (secondary N) is 1. The van der Waals surface area contributed by atoms with E-state index < -0.39 is 11.8 Å². The lowest BCUT2D eigenvalue weighted by Crippen LogP contribution is -2.38. The van der Waals surface area contributed by atoms with Gasteiger partial charge in [0.15, 0.2) is 0 Å². The number of nitrogens with two attached hydrogens (primary N) is 1. The quantitative estimate of drug-likeness (QED) is 0.808. The third-order valence-electron chi connectivity index (χ3n) is 3.90. The van der Waals surface area contributed by atoms with Gasteiger partial charge in [0.25, 0.3) is 0 Å². The van der Waals surface area contributed by atoms with Gasteiger partial charge in [-0.25, -0.2) is 0 Å². The fourth-order valence-electron chi connectivity index (χ4n) is 2.47. The third-order valence-corrected chi connectivity index (χ3v) is 4.84. The van der Waals surface area contributed by atoms with Crippen LogP contribution in [0.5, 0.6) is 0 Å². The highest BCUT2D eigenvalue weighted by molar-refractivity contribution is 7.99. The van der Waals surface area contributed by atoms with Gasteiger partial charge >= 0.3 is 0 Å². The van der Waals surface area contributed by atoms with Crippen LogP contribution in [-0.2, 0) is 20.8 Å². The van der Waals surface area contributed by atoms with E-state index >= 15 is 0 Å². The second-order valence-electron chi connectivity index (χ2n) is 5.93. The van der Waals surface area contributed by atoms with Crippen LogP contribution in [-0.4, -0.2) is 47.2 Å². The minimum atomic E-state index is -0.498. The van der Waals surface area contributed by atoms with E-state index in [1.54, 1.807) is 19.1 Å². The predicted molar refractivity (Wildman–Crippen MR) is 95.7 cm³/mol. The molecule has 0 bridgehead atoms. The Hall–Kier alpha value is -2.02. The Balaban J connectivity index is 1.87. The fourth-order valence-corrected chi connectivity index (χ4v) is 3.37. The molecule has 0 saturated carbocycles. The number of hydrogen-bond acceptors (Lipinski definition) is 4. The minimum absolute atomic E-state index is 0.0204. The lowest BCUT2D eigenvalue weighted by atomic mass is 10.1. The fraction of sp³-hybridized carbons (Fsp3) is 0.471. The van der Waals surface area contributed by atoms with Gasteiger partial charge in [0.05, 0.1) is 6.42 Å². The second-order valence-corrected chi connectivity index (χ2v) is 7.15. The van der Waals surface area contributed by atoms with Crippen LogP contribution < -0.4 is 11.1 Å². The van der Waals surface area contributed by atoms with E-state index in [9.17, 15) is 14.4 Å². The normalized spacial score (nSPS) is 15.6. The summed E-state index contributed by atoms with van der Waals surface area (Å²) in [7, 11) is 0. The molecule has 6 nitrogen and oxygen atoms in total. The summed E-state index contributed by atoms with van der Waals surface area (Å²) in [6, 6.07) is 7.21. The standard InChI is InChI=1S/C17H23N3O3S/c1-12(10-15(18)21)17(23)19-14-4-2-13(3-5-14)11-16(22)20-6-8-24-9-7-20/h2-5,12H,6-11H2,1H3,(H2,18,21)(H,19,23)/t12-/m1/s1. The molecule has 1 aromatic carbocycles. The third kappa shape index (κ3) is 5.56. The first-order chi connectivity index (χ1) is 11.5. The number of thioether (sulfide) groups is 1. The molecule has 1 saturated heterocycles. The van der Waals surface area contributed by atoms with E-state index in [1.165, 1.54) is 0 Å². The number of benzene rings is 1. The summed E-state index contributed by atoms with van der Waals surface area (Å²) in [5, 5.41) is 2.75. The number of carbonyl (C=O) groups is 3. The Kier molecular flexibility index (Phi) is 6.66. The lowest BCUT2D eigenvalue weighted by Gasteiger charge is -2.26. The lowest BCUT2D eigenvalue weighted by molar-refractivity contribution is -0.130. The van der Waals surface area contributed by atoms with Crippen LogP contribution in [0.25, 0.3) is 0 Å². The summed E-state index contributed by atoms with van der Waals surface area (Å²) in [6.45, 7) is 3.29. The van der Waals surface area contributed by atoms with Gasteiger partial charge in [0.2, 0.25) is 17.7 Å². The molecule has 3 N–H and O–H groups in total. The summed E-state index contributed by atoms with van der Waals surface area (Å²) in [5.41, 5.74) is 6.65. The molecule has 0 radical (unpaired) electrons. The molecule has 7 heteroatoms. The maximum atomic E-state index is 12.2. The zero-order valence-corrected chi connectivity index (χ0v) is 14.6. The predicted octanol–water partition coefficient (Wildman–Crippen LogP) is 1.25. The van der Waals surface area contributed by atoms with Gasteiger partial charge in [0, 0.05) is 42.6 Å². The molecule has 1 atom stereocenters. The average molecular weight is 349 g/mol. The summed E-state index contributed by atoms with van der Waals surface area (Å²) in [6.07, 6.45) is 0.392. The first-order valence-electron chi connectivity index (χ1n) is 7.99. The van der Waals surface area contributed by atoms with Crippen molar-refractivity contribution in [3.63, 3.8) is 0 Å². The Morgan fingerprint density at radius 2 is 1.83 bits per heavy atom. The Morgan fingerprint density at radius 1 is 1.21 bits per heavy atom.